The van der Waals surface area contributed by atoms with Gasteiger partial charge in [0.2, 0.25) is 11.0 Å². The fourth-order valence-electron chi connectivity index (χ4n) is 2.33. The highest BCUT2D eigenvalue weighted by atomic mass is 79.9. The third kappa shape index (κ3) is 5.95. The van der Waals surface area contributed by atoms with Gasteiger partial charge in [0.25, 0.3) is 0 Å². The van der Waals surface area contributed by atoms with Crippen LogP contribution in [0.3, 0.4) is 0 Å². The van der Waals surface area contributed by atoms with Gasteiger partial charge in [-0.1, -0.05) is 57.2 Å². The van der Waals surface area contributed by atoms with Crippen LogP contribution in [0.25, 0.3) is 0 Å². The molecule has 0 aliphatic heterocycles. The lowest BCUT2D eigenvalue weighted by atomic mass is 10.2. The number of hydrogen-bond acceptors (Lipinski definition) is 7. The molecule has 1 amide bonds. The molecule has 2 aromatic carbocycles. The predicted molar refractivity (Wildman–Crippen MR) is 118 cm³/mol. The molecule has 1 N–H and O–H groups in total. The summed E-state index contributed by atoms with van der Waals surface area (Å²) in [5.41, 5.74) is 1.96. The number of methoxy groups -OCH3 is 1. The average molecular weight is 479 g/mol. The molecule has 0 unspecified atom stereocenters. The zero-order valence-electron chi connectivity index (χ0n) is 15.4. The molecule has 0 aliphatic rings. The number of aromatic nitrogens is 2. The fourth-order valence-corrected chi connectivity index (χ4v) is 4.31. The Balaban J connectivity index is 1.50. The SMILES string of the molecule is COc1cccc(Nc2nnc(SCC(=O)N(C)Cc3ccc(Br)cc3)s2)c1. The lowest BCUT2D eigenvalue weighted by Crippen LogP contribution is -2.27. The topological polar surface area (TPSA) is 67.3 Å². The molecule has 0 radical (unpaired) electrons. The zero-order valence-corrected chi connectivity index (χ0v) is 18.6. The van der Waals surface area contributed by atoms with Crippen LogP contribution in [0.1, 0.15) is 5.56 Å². The monoisotopic (exact) mass is 478 g/mol. The zero-order chi connectivity index (χ0) is 19.9. The molecule has 1 heterocycles. The smallest absolute Gasteiger partial charge is 0.233 e. The molecule has 0 saturated heterocycles. The first-order valence-electron chi connectivity index (χ1n) is 8.39. The van der Waals surface area contributed by atoms with Crippen LogP contribution in [-0.2, 0) is 11.3 Å². The van der Waals surface area contributed by atoms with E-state index in [0.717, 1.165) is 25.8 Å². The quantitative estimate of drug-likeness (QED) is 0.468. The second kappa shape index (κ2) is 9.90. The minimum atomic E-state index is 0.0467. The Morgan fingerprint density at radius 2 is 2.04 bits per heavy atom. The Morgan fingerprint density at radius 3 is 2.79 bits per heavy atom. The molecular weight excluding hydrogens is 460 g/mol. The van der Waals surface area contributed by atoms with Crippen LogP contribution < -0.4 is 10.1 Å². The number of amides is 1. The number of nitrogens with zero attached hydrogens (tertiary/aromatic N) is 3. The van der Waals surface area contributed by atoms with E-state index in [0.29, 0.717) is 17.4 Å². The first kappa shape index (κ1) is 20.6. The third-order valence-corrected chi connectivity index (χ3v) is 6.29. The number of rotatable bonds is 8. The Labute approximate surface area is 180 Å². The second-order valence-corrected chi connectivity index (χ2v) is 9.01. The van der Waals surface area contributed by atoms with Crippen molar-refractivity contribution >= 4 is 55.8 Å². The molecule has 0 spiro atoms. The van der Waals surface area contributed by atoms with Crippen molar-refractivity contribution < 1.29 is 9.53 Å². The summed E-state index contributed by atoms with van der Waals surface area (Å²) in [6, 6.07) is 15.5. The van der Waals surface area contributed by atoms with Gasteiger partial charge >= 0.3 is 0 Å². The van der Waals surface area contributed by atoms with E-state index >= 15 is 0 Å². The fraction of sp³-hybridized carbons (Fsp3) is 0.211. The molecule has 3 aromatic rings. The van der Waals surface area contributed by atoms with Gasteiger partial charge in [0, 0.05) is 29.8 Å². The lowest BCUT2D eigenvalue weighted by molar-refractivity contribution is -0.127. The number of nitrogens with one attached hydrogen (secondary N) is 1. The number of anilines is 2. The van der Waals surface area contributed by atoms with Crippen molar-refractivity contribution in [3.05, 3.63) is 58.6 Å². The number of carbonyl (C=O) groups excluding carboxylic acids is 1. The van der Waals surface area contributed by atoms with Crippen molar-refractivity contribution in [3.63, 3.8) is 0 Å². The van der Waals surface area contributed by atoms with Gasteiger partial charge in [0.05, 0.1) is 12.9 Å². The van der Waals surface area contributed by atoms with E-state index in [9.17, 15) is 4.79 Å². The normalized spacial score (nSPS) is 10.5. The molecule has 0 fully saturated rings. The highest BCUT2D eigenvalue weighted by Gasteiger charge is 2.12. The van der Waals surface area contributed by atoms with Crippen molar-refractivity contribution in [1.82, 2.24) is 15.1 Å². The molecule has 6 nitrogen and oxygen atoms in total. The maximum atomic E-state index is 12.4. The van der Waals surface area contributed by atoms with Gasteiger partial charge in [-0.15, -0.1) is 10.2 Å². The molecule has 0 aliphatic carbocycles. The van der Waals surface area contributed by atoms with Gasteiger partial charge in [0.1, 0.15) is 5.75 Å². The molecule has 28 heavy (non-hydrogen) atoms. The van der Waals surface area contributed by atoms with Crippen LogP contribution in [0, 0.1) is 0 Å². The Morgan fingerprint density at radius 1 is 1.25 bits per heavy atom. The number of carbonyl (C=O) groups is 1. The molecule has 3 rings (SSSR count). The van der Waals surface area contributed by atoms with Crippen LogP contribution in [0.5, 0.6) is 5.75 Å². The maximum Gasteiger partial charge on any atom is 0.233 e. The van der Waals surface area contributed by atoms with Crippen LogP contribution >= 0.6 is 39.0 Å². The highest BCUT2D eigenvalue weighted by Crippen LogP contribution is 2.29. The predicted octanol–water partition coefficient (Wildman–Crippen LogP) is 4.80. The summed E-state index contributed by atoms with van der Waals surface area (Å²) in [5.74, 6) is 1.13. The van der Waals surface area contributed by atoms with E-state index in [1.54, 1.807) is 19.1 Å². The lowest BCUT2D eigenvalue weighted by Gasteiger charge is -2.16. The van der Waals surface area contributed by atoms with Gasteiger partial charge in [-0.3, -0.25) is 4.79 Å². The van der Waals surface area contributed by atoms with E-state index in [4.69, 9.17) is 4.74 Å². The summed E-state index contributed by atoms with van der Waals surface area (Å²) in [6.45, 7) is 0.575. The highest BCUT2D eigenvalue weighted by molar-refractivity contribution is 9.10. The summed E-state index contributed by atoms with van der Waals surface area (Å²) in [6.07, 6.45) is 0. The van der Waals surface area contributed by atoms with E-state index < -0.39 is 0 Å². The minimum Gasteiger partial charge on any atom is -0.497 e. The van der Waals surface area contributed by atoms with Crippen molar-refractivity contribution in [3.8, 4) is 5.75 Å². The number of hydrogen-bond donors (Lipinski definition) is 1. The first-order valence-corrected chi connectivity index (χ1v) is 11.0. The molecule has 0 saturated carbocycles. The largest absolute Gasteiger partial charge is 0.497 e. The van der Waals surface area contributed by atoms with Gasteiger partial charge in [-0.2, -0.15) is 0 Å². The van der Waals surface area contributed by atoms with E-state index in [1.165, 1.54) is 23.1 Å². The molecular formula is C19H19BrN4O2S2. The summed E-state index contributed by atoms with van der Waals surface area (Å²) >= 11 is 6.22. The Kier molecular flexibility index (Phi) is 7.30. The second-order valence-electron chi connectivity index (χ2n) is 5.90. The van der Waals surface area contributed by atoms with Gasteiger partial charge in [-0.25, -0.2) is 0 Å². The number of halogens is 1. The molecule has 0 atom stereocenters. The molecule has 1 aromatic heterocycles. The minimum absolute atomic E-state index is 0.0467. The van der Waals surface area contributed by atoms with Gasteiger partial charge < -0.3 is 15.0 Å². The Bertz CT molecular complexity index is 934. The molecule has 0 bridgehead atoms. The number of thioether (sulfide) groups is 1. The number of ether oxygens (including phenoxy) is 1. The standard InChI is InChI=1S/C19H19BrN4O2S2/c1-24(11-13-6-8-14(20)9-7-13)17(25)12-27-19-23-22-18(28-19)21-15-4-3-5-16(10-15)26-2/h3-10H,11-12H2,1-2H3,(H,21,22). The van der Waals surface area contributed by atoms with Crippen molar-refractivity contribution in [1.29, 1.82) is 0 Å². The van der Waals surface area contributed by atoms with Crippen LogP contribution in [-0.4, -0.2) is 40.9 Å². The van der Waals surface area contributed by atoms with Crippen LogP contribution in [0.4, 0.5) is 10.8 Å². The summed E-state index contributed by atoms with van der Waals surface area (Å²) < 4.78 is 6.98. The van der Waals surface area contributed by atoms with Gasteiger partial charge in [-0.05, 0) is 29.8 Å². The van der Waals surface area contributed by atoms with Crippen molar-refractivity contribution in [2.45, 2.75) is 10.9 Å². The summed E-state index contributed by atoms with van der Waals surface area (Å²) in [7, 11) is 3.43. The van der Waals surface area contributed by atoms with E-state index in [2.05, 4.69) is 31.4 Å². The van der Waals surface area contributed by atoms with Crippen molar-refractivity contribution in [2.75, 3.05) is 25.2 Å². The average Bonchev–Trinajstić information content (AvgIpc) is 3.15. The number of benzene rings is 2. The first-order chi connectivity index (χ1) is 13.5. The van der Waals surface area contributed by atoms with Crippen LogP contribution in [0.2, 0.25) is 0 Å². The molecule has 146 valence electrons. The maximum absolute atomic E-state index is 12.4. The van der Waals surface area contributed by atoms with E-state index in [-0.39, 0.29) is 5.91 Å². The Hall–Kier alpha value is -2.10. The third-order valence-electron chi connectivity index (χ3n) is 3.81. The van der Waals surface area contributed by atoms with Crippen molar-refractivity contribution in [2.24, 2.45) is 0 Å². The molecule has 9 heteroatoms. The van der Waals surface area contributed by atoms with Gasteiger partial charge in [0.15, 0.2) is 4.34 Å². The van der Waals surface area contributed by atoms with E-state index in [1.807, 2.05) is 48.5 Å². The summed E-state index contributed by atoms with van der Waals surface area (Å²) in [4.78, 5) is 14.1. The van der Waals surface area contributed by atoms with Crippen LogP contribution in [0.15, 0.2) is 57.3 Å². The summed E-state index contributed by atoms with van der Waals surface area (Å²) in [5, 5.41) is 12.1.